The van der Waals surface area contributed by atoms with E-state index in [0.29, 0.717) is 44.1 Å². The topological polar surface area (TPSA) is 59.1 Å². The number of carbonyl (C=O) groups excluding carboxylic acids is 2. The molecule has 4 aliphatic rings. The van der Waals surface area contributed by atoms with Crippen molar-refractivity contribution in [3.05, 3.63) is 41.5 Å². The predicted octanol–water partition coefficient (Wildman–Crippen LogP) is 3.90. The minimum Gasteiger partial charge on any atom is -0.493 e. The highest BCUT2D eigenvalue weighted by Crippen LogP contribution is 2.44. The van der Waals surface area contributed by atoms with Crippen LogP contribution in [0.25, 0.3) is 0 Å². The largest absolute Gasteiger partial charge is 0.493 e. The van der Waals surface area contributed by atoms with Crippen LogP contribution in [0.3, 0.4) is 0 Å². The van der Waals surface area contributed by atoms with Gasteiger partial charge in [0.05, 0.1) is 13.2 Å². The zero-order chi connectivity index (χ0) is 21.4. The minimum absolute atomic E-state index is 0.121. The van der Waals surface area contributed by atoms with Crippen LogP contribution in [-0.4, -0.2) is 60.7 Å². The Morgan fingerprint density at radius 1 is 1.19 bits per heavy atom. The maximum Gasteiger partial charge on any atom is 0.409 e. The lowest BCUT2D eigenvalue weighted by atomic mass is 9.91. The summed E-state index contributed by atoms with van der Waals surface area (Å²) in [5, 5.41) is 0. The van der Waals surface area contributed by atoms with Crippen LogP contribution in [0.4, 0.5) is 4.79 Å². The Labute approximate surface area is 184 Å². The van der Waals surface area contributed by atoms with E-state index in [1.54, 1.807) is 4.90 Å². The summed E-state index contributed by atoms with van der Waals surface area (Å²) in [5.74, 6) is 2.86. The molecular formula is C25H32N2O4. The van der Waals surface area contributed by atoms with Crippen LogP contribution in [0.5, 0.6) is 5.75 Å². The van der Waals surface area contributed by atoms with E-state index in [4.69, 9.17) is 9.47 Å². The minimum atomic E-state index is -0.240. The Balaban J connectivity index is 1.33. The second-order valence-corrected chi connectivity index (χ2v) is 9.34. The van der Waals surface area contributed by atoms with Crippen molar-refractivity contribution in [2.75, 3.05) is 32.8 Å². The SMILES string of the molecule is CCOC(=O)N1CCC(N(C[C@H]2C[C@H]3C=C[C@H]2C3)C(=O)c2ccc3c(c2)CCO3)CC1. The first-order valence-corrected chi connectivity index (χ1v) is 11.8. The van der Waals surface area contributed by atoms with Crippen molar-refractivity contribution in [3.63, 3.8) is 0 Å². The fourth-order valence-electron chi connectivity index (χ4n) is 5.82. The molecule has 2 fully saturated rings. The third-order valence-electron chi connectivity index (χ3n) is 7.48. The van der Waals surface area contributed by atoms with E-state index >= 15 is 0 Å². The molecular weight excluding hydrogens is 392 g/mol. The number of nitrogens with zero attached hydrogens (tertiary/aromatic N) is 2. The van der Waals surface area contributed by atoms with E-state index < -0.39 is 0 Å². The van der Waals surface area contributed by atoms with Gasteiger partial charge in [-0.25, -0.2) is 4.79 Å². The highest BCUT2D eigenvalue weighted by molar-refractivity contribution is 5.95. The number of hydrogen-bond acceptors (Lipinski definition) is 4. The van der Waals surface area contributed by atoms with Crippen molar-refractivity contribution >= 4 is 12.0 Å². The first-order chi connectivity index (χ1) is 15.1. The van der Waals surface area contributed by atoms with Gasteiger partial charge in [0.15, 0.2) is 0 Å². The second-order valence-electron chi connectivity index (χ2n) is 9.34. The van der Waals surface area contributed by atoms with Gasteiger partial charge in [-0.15, -0.1) is 0 Å². The molecule has 1 saturated heterocycles. The summed E-state index contributed by atoms with van der Waals surface area (Å²) in [6, 6.07) is 6.03. The van der Waals surface area contributed by atoms with Gasteiger partial charge in [-0.05, 0) is 74.1 Å². The first kappa shape index (κ1) is 20.4. The molecule has 0 aromatic heterocycles. The molecule has 6 nitrogen and oxygen atoms in total. The number of carbonyl (C=O) groups is 2. The normalized spacial score (nSPS) is 26.6. The van der Waals surface area contributed by atoms with Crippen LogP contribution in [0.15, 0.2) is 30.4 Å². The molecule has 166 valence electrons. The van der Waals surface area contributed by atoms with Crippen molar-refractivity contribution in [2.24, 2.45) is 17.8 Å². The monoisotopic (exact) mass is 424 g/mol. The smallest absolute Gasteiger partial charge is 0.409 e. The number of likely N-dealkylation sites (tertiary alicyclic amines) is 1. The van der Waals surface area contributed by atoms with Gasteiger partial charge in [-0.1, -0.05) is 12.2 Å². The van der Waals surface area contributed by atoms with Crippen molar-refractivity contribution in [1.29, 1.82) is 0 Å². The molecule has 1 aromatic rings. The van der Waals surface area contributed by atoms with Crippen LogP contribution in [-0.2, 0) is 11.2 Å². The zero-order valence-electron chi connectivity index (χ0n) is 18.3. The van der Waals surface area contributed by atoms with Crippen molar-refractivity contribution < 1.29 is 19.1 Å². The Kier molecular flexibility index (Phi) is 5.63. The van der Waals surface area contributed by atoms with Crippen LogP contribution in [0, 0.1) is 17.8 Å². The van der Waals surface area contributed by atoms with Crippen LogP contribution < -0.4 is 4.74 Å². The average Bonchev–Trinajstić information content (AvgIpc) is 3.54. The number of fused-ring (bicyclic) bond motifs is 3. The zero-order valence-corrected chi connectivity index (χ0v) is 18.3. The van der Waals surface area contributed by atoms with Gasteiger partial charge in [-0.3, -0.25) is 4.79 Å². The van der Waals surface area contributed by atoms with E-state index in [-0.39, 0.29) is 18.0 Å². The van der Waals surface area contributed by atoms with E-state index in [2.05, 4.69) is 17.1 Å². The Hall–Kier alpha value is -2.50. The summed E-state index contributed by atoms with van der Waals surface area (Å²) < 4.78 is 10.8. The fraction of sp³-hybridized carbons (Fsp3) is 0.600. The quantitative estimate of drug-likeness (QED) is 0.673. The lowest BCUT2D eigenvalue weighted by Crippen LogP contribution is -2.50. The van der Waals surface area contributed by atoms with Gasteiger partial charge in [0, 0.05) is 37.7 Å². The summed E-state index contributed by atoms with van der Waals surface area (Å²) in [4.78, 5) is 29.7. The lowest BCUT2D eigenvalue weighted by Gasteiger charge is -2.40. The molecule has 0 unspecified atom stereocenters. The number of benzene rings is 1. The molecule has 0 N–H and O–H groups in total. The summed E-state index contributed by atoms with van der Waals surface area (Å²) in [6.45, 7) is 5.01. The standard InChI is InChI=1S/C25H32N2O4/c1-2-30-25(29)26-10-7-22(8-11-26)27(16-21-14-17-3-4-18(21)13-17)24(28)20-5-6-23-19(15-20)9-12-31-23/h3-6,15,17-18,21-22H,2,7-14,16H2,1H3/t17-,18-,21+/m0/s1. The summed E-state index contributed by atoms with van der Waals surface area (Å²) in [6.07, 6.45) is 9.37. The summed E-state index contributed by atoms with van der Waals surface area (Å²) in [5.41, 5.74) is 1.89. The molecule has 0 radical (unpaired) electrons. The highest BCUT2D eigenvalue weighted by Gasteiger charge is 2.39. The maximum atomic E-state index is 13.7. The van der Waals surface area contributed by atoms with Crippen molar-refractivity contribution in [1.82, 2.24) is 9.80 Å². The van der Waals surface area contributed by atoms with Gasteiger partial charge >= 0.3 is 6.09 Å². The maximum absolute atomic E-state index is 13.7. The number of hydrogen-bond donors (Lipinski definition) is 0. The molecule has 1 aromatic carbocycles. The number of rotatable bonds is 5. The summed E-state index contributed by atoms with van der Waals surface area (Å²) in [7, 11) is 0. The van der Waals surface area contributed by atoms with Gasteiger partial charge in [0.25, 0.3) is 5.91 Å². The number of allylic oxidation sites excluding steroid dienone is 2. The lowest BCUT2D eigenvalue weighted by molar-refractivity contribution is 0.0482. The third kappa shape index (κ3) is 4.04. The van der Waals surface area contributed by atoms with Gasteiger partial charge < -0.3 is 19.3 Å². The van der Waals surface area contributed by atoms with Crippen LogP contribution in [0.2, 0.25) is 0 Å². The molecule has 1 saturated carbocycles. The molecule has 2 aliphatic heterocycles. The molecule has 2 amide bonds. The molecule has 2 heterocycles. The Bertz CT molecular complexity index is 874. The van der Waals surface area contributed by atoms with Gasteiger partial charge in [-0.2, -0.15) is 0 Å². The predicted molar refractivity (Wildman–Crippen MR) is 117 cm³/mol. The number of piperidine rings is 1. The van der Waals surface area contributed by atoms with Crippen molar-refractivity contribution in [3.8, 4) is 5.75 Å². The third-order valence-corrected chi connectivity index (χ3v) is 7.48. The Morgan fingerprint density at radius 3 is 2.74 bits per heavy atom. The second kappa shape index (κ2) is 8.56. The Morgan fingerprint density at radius 2 is 2.03 bits per heavy atom. The number of ether oxygens (including phenoxy) is 2. The molecule has 2 bridgehead atoms. The van der Waals surface area contributed by atoms with Crippen LogP contribution in [0.1, 0.15) is 48.5 Å². The van der Waals surface area contributed by atoms with E-state index in [1.165, 1.54) is 12.8 Å². The van der Waals surface area contributed by atoms with E-state index in [1.807, 2.05) is 25.1 Å². The molecule has 2 aliphatic carbocycles. The fourth-order valence-corrected chi connectivity index (χ4v) is 5.82. The highest BCUT2D eigenvalue weighted by atomic mass is 16.6. The number of amides is 2. The van der Waals surface area contributed by atoms with Crippen molar-refractivity contribution in [2.45, 2.75) is 45.1 Å². The van der Waals surface area contributed by atoms with Crippen LogP contribution >= 0.6 is 0 Å². The summed E-state index contributed by atoms with van der Waals surface area (Å²) >= 11 is 0. The van der Waals surface area contributed by atoms with E-state index in [0.717, 1.165) is 42.7 Å². The van der Waals surface area contributed by atoms with Gasteiger partial charge in [0.1, 0.15) is 5.75 Å². The molecule has 5 rings (SSSR count). The average molecular weight is 425 g/mol. The van der Waals surface area contributed by atoms with E-state index in [9.17, 15) is 9.59 Å². The molecule has 31 heavy (non-hydrogen) atoms. The molecule has 0 spiro atoms. The first-order valence-electron chi connectivity index (χ1n) is 11.8. The molecule has 6 heteroatoms. The van der Waals surface area contributed by atoms with Gasteiger partial charge in [0.2, 0.25) is 0 Å². The molecule has 3 atom stereocenters.